The van der Waals surface area contributed by atoms with Gasteiger partial charge in [0.15, 0.2) is 5.76 Å². The molecule has 1 aliphatic rings. The summed E-state index contributed by atoms with van der Waals surface area (Å²) < 4.78 is 5.32. The highest BCUT2D eigenvalue weighted by Gasteiger charge is 2.26. The topological polar surface area (TPSA) is 108 Å². The largest absolute Gasteiger partial charge is 0.481 e. The van der Waals surface area contributed by atoms with Crippen LogP contribution in [0.2, 0.25) is 0 Å². The van der Waals surface area contributed by atoms with Crippen LogP contribution in [0.15, 0.2) is 33.5 Å². The molecule has 124 valence electrons. The third kappa shape index (κ3) is 2.88. The molecule has 2 aromatic rings. The van der Waals surface area contributed by atoms with Crippen LogP contribution in [0, 0.1) is 13.8 Å². The van der Waals surface area contributed by atoms with Gasteiger partial charge in [0.25, 0.3) is 5.91 Å². The number of nitrogens with one attached hydrogen (secondary N) is 2. The first-order valence-corrected chi connectivity index (χ1v) is 7.51. The predicted octanol–water partition coefficient (Wildman–Crippen LogP) is 2.16. The Morgan fingerprint density at radius 3 is 2.88 bits per heavy atom. The molecule has 0 saturated heterocycles. The van der Waals surface area contributed by atoms with Crippen molar-refractivity contribution in [3.05, 3.63) is 52.2 Å². The number of furan rings is 1. The van der Waals surface area contributed by atoms with Crippen LogP contribution in [-0.2, 0) is 16.0 Å². The first kappa shape index (κ1) is 15.8. The lowest BCUT2D eigenvalue weighted by Crippen LogP contribution is -2.13. The molecule has 0 bridgehead atoms. The molecule has 3 N–H and O–H groups in total. The molecule has 2 aromatic heterocycles. The highest BCUT2D eigenvalue weighted by Crippen LogP contribution is 2.24. The molecular weight excluding hydrogens is 310 g/mol. The molecule has 7 nitrogen and oxygen atoms in total. The molecule has 3 rings (SSSR count). The molecule has 1 aliphatic heterocycles. The van der Waals surface area contributed by atoms with Crippen molar-refractivity contribution in [1.82, 2.24) is 10.4 Å². The van der Waals surface area contributed by atoms with E-state index in [1.54, 1.807) is 18.2 Å². The molecule has 0 spiro atoms. The smallest absolute Gasteiger partial charge is 0.303 e. The van der Waals surface area contributed by atoms with Gasteiger partial charge in [-0.25, -0.2) is 5.43 Å². The summed E-state index contributed by atoms with van der Waals surface area (Å²) in [6, 6.07) is 3.46. The monoisotopic (exact) mass is 327 g/mol. The molecule has 0 fully saturated rings. The Bertz CT molecular complexity index is 857. The minimum atomic E-state index is -0.836. The first-order valence-electron chi connectivity index (χ1n) is 7.51. The maximum Gasteiger partial charge on any atom is 0.303 e. The quantitative estimate of drug-likeness (QED) is 0.731. The van der Waals surface area contributed by atoms with E-state index >= 15 is 0 Å². The Labute approximate surface area is 138 Å². The van der Waals surface area contributed by atoms with Gasteiger partial charge in [-0.1, -0.05) is 0 Å². The fraction of sp³-hybridized carbons (Fsp3) is 0.235. The fourth-order valence-electron chi connectivity index (χ4n) is 2.78. The average Bonchev–Trinajstić information content (AvgIpc) is 3.21. The van der Waals surface area contributed by atoms with Crippen LogP contribution in [0.25, 0.3) is 6.08 Å². The Morgan fingerprint density at radius 2 is 2.21 bits per heavy atom. The van der Waals surface area contributed by atoms with Crippen LogP contribution < -0.4 is 5.43 Å². The molecule has 24 heavy (non-hydrogen) atoms. The van der Waals surface area contributed by atoms with Crippen LogP contribution >= 0.6 is 0 Å². The zero-order valence-corrected chi connectivity index (χ0v) is 13.3. The molecule has 0 aromatic carbocycles. The lowest BCUT2D eigenvalue weighted by Gasteiger charge is -2.00. The fourth-order valence-corrected chi connectivity index (χ4v) is 2.78. The predicted molar refractivity (Wildman–Crippen MR) is 87.6 cm³/mol. The molecule has 0 aliphatic carbocycles. The van der Waals surface area contributed by atoms with E-state index in [0.717, 1.165) is 22.5 Å². The van der Waals surface area contributed by atoms with Crippen LogP contribution in [0.4, 0.5) is 0 Å². The van der Waals surface area contributed by atoms with Gasteiger partial charge in [0.1, 0.15) is 5.71 Å². The van der Waals surface area contributed by atoms with Crippen LogP contribution in [0.3, 0.4) is 0 Å². The van der Waals surface area contributed by atoms with E-state index in [-0.39, 0.29) is 12.3 Å². The summed E-state index contributed by atoms with van der Waals surface area (Å²) in [5, 5.41) is 12.9. The third-order valence-electron chi connectivity index (χ3n) is 4.03. The van der Waals surface area contributed by atoms with Crippen molar-refractivity contribution in [3.8, 4) is 0 Å². The number of aromatic nitrogens is 1. The van der Waals surface area contributed by atoms with Gasteiger partial charge in [-0.2, -0.15) is 5.10 Å². The number of carboxylic acid groups (broad SMARTS) is 1. The first-order chi connectivity index (χ1) is 11.5. The van der Waals surface area contributed by atoms with Crippen LogP contribution in [0.5, 0.6) is 0 Å². The minimum absolute atomic E-state index is 0.0646. The maximum absolute atomic E-state index is 12.1. The highest BCUT2D eigenvalue weighted by atomic mass is 16.4. The van der Waals surface area contributed by atoms with Gasteiger partial charge in [-0.15, -0.1) is 0 Å². The number of aromatic amines is 1. The molecule has 1 amide bonds. The number of aryl methyl sites for hydroxylation is 1. The number of carbonyl (C=O) groups excluding carboxylic acids is 1. The van der Waals surface area contributed by atoms with Crippen molar-refractivity contribution < 1.29 is 19.1 Å². The van der Waals surface area contributed by atoms with E-state index in [9.17, 15) is 9.59 Å². The maximum atomic E-state index is 12.1. The number of aliphatic carboxylic acids is 1. The normalized spacial score (nSPS) is 15.7. The second-order valence-corrected chi connectivity index (χ2v) is 5.60. The Morgan fingerprint density at radius 1 is 1.42 bits per heavy atom. The summed E-state index contributed by atoms with van der Waals surface area (Å²) in [5.41, 5.74) is 6.84. The van der Waals surface area contributed by atoms with Crippen molar-refractivity contribution in [2.24, 2.45) is 5.10 Å². The molecule has 0 unspecified atom stereocenters. The SMILES string of the molecule is Cc1[nH]c(/C=C2/C(=O)NN=C2c2ccco2)c(C)c1CCC(=O)O. The van der Waals surface area contributed by atoms with Crippen molar-refractivity contribution in [1.29, 1.82) is 0 Å². The summed E-state index contributed by atoms with van der Waals surface area (Å²) >= 11 is 0. The molecular formula is C17H17N3O4. The van der Waals surface area contributed by atoms with E-state index in [0.29, 0.717) is 23.5 Å². The standard InChI is InChI=1S/C17H17N3O4/c1-9-11(5-6-15(21)22)10(2)18-13(9)8-12-16(19-20-17(12)23)14-4-3-7-24-14/h3-4,7-8,18H,5-6H2,1-2H3,(H,20,23)(H,21,22)/b12-8+. The number of hydrogen-bond donors (Lipinski definition) is 3. The van der Waals surface area contributed by atoms with Crippen LogP contribution in [-0.4, -0.2) is 27.7 Å². The summed E-state index contributed by atoms with van der Waals surface area (Å²) in [5.74, 6) is -0.635. The van der Waals surface area contributed by atoms with Crippen molar-refractivity contribution in [2.45, 2.75) is 26.7 Å². The van der Waals surface area contributed by atoms with E-state index < -0.39 is 5.97 Å². The second-order valence-electron chi connectivity index (χ2n) is 5.60. The van der Waals surface area contributed by atoms with Crippen molar-refractivity contribution >= 4 is 23.7 Å². The zero-order chi connectivity index (χ0) is 17.3. The van der Waals surface area contributed by atoms with E-state index in [4.69, 9.17) is 9.52 Å². The molecule has 0 saturated carbocycles. The second kappa shape index (κ2) is 6.19. The molecule has 0 atom stereocenters. The summed E-state index contributed by atoms with van der Waals surface area (Å²) in [7, 11) is 0. The molecule has 3 heterocycles. The van der Waals surface area contributed by atoms with Gasteiger partial charge in [-0.3, -0.25) is 9.59 Å². The van der Waals surface area contributed by atoms with Crippen molar-refractivity contribution in [3.63, 3.8) is 0 Å². The number of carbonyl (C=O) groups is 2. The van der Waals surface area contributed by atoms with E-state index in [2.05, 4.69) is 15.5 Å². The van der Waals surface area contributed by atoms with Gasteiger partial charge >= 0.3 is 5.97 Å². The van der Waals surface area contributed by atoms with E-state index in [1.807, 2.05) is 13.8 Å². The lowest BCUT2D eigenvalue weighted by atomic mass is 10.0. The number of H-pyrrole nitrogens is 1. The summed E-state index contributed by atoms with van der Waals surface area (Å²) in [6.07, 6.45) is 3.75. The zero-order valence-electron chi connectivity index (χ0n) is 13.3. The Balaban J connectivity index is 1.96. The number of carboxylic acids is 1. The average molecular weight is 327 g/mol. The third-order valence-corrected chi connectivity index (χ3v) is 4.03. The van der Waals surface area contributed by atoms with Gasteiger partial charge in [0.2, 0.25) is 0 Å². The van der Waals surface area contributed by atoms with Crippen molar-refractivity contribution in [2.75, 3.05) is 0 Å². The number of hydrogen-bond acceptors (Lipinski definition) is 4. The minimum Gasteiger partial charge on any atom is -0.481 e. The number of nitrogens with zero attached hydrogens (tertiary/aromatic N) is 1. The Hall–Kier alpha value is -3.09. The molecule has 7 heteroatoms. The summed E-state index contributed by atoms with van der Waals surface area (Å²) in [4.78, 5) is 26.1. The van der Waals surface area contributed by atoms with Gasteiger partial charge < -0.3 is 14.5 Å². The van der Waals surface area contributed by atoms with Gasteiger partial charge in [0, 0.05) is 17.8 Å². The number of hydrazone groups is 1. The van der Waals surface area contributed by atoms with Gasteiger partial charge in [-0.05, 0) is 49.6 Å². The Kier molecular flexibility index (Phi) is 4.07. The van der Waals surface area contributed by atoms with Crippen LogP contribution in [0.1, 0.15) is 34.7 Å². The number of amides is 1. The van der Waals surface area contributed by atoms with Gasteiger partial charge in [0.05, 0.1) is 11.8 Å². The lowest BCUT2D eigenvalue weighted by molar-refractivity contribution is -0.137. The summed E-state index contributed by atoms with van der Waals surface area (Å²) in [6.45, 7) is 3.80. The molecule has 0 radical (unpaired) electrons. The number of rotatable bonds is 5. The van der Waals surface area contributed by atoms with E-state index in [1.165, 1.54) is 6.26 Å². The highest BCUT2D eigenvalue weighted by molar-refractivity contribution is 6.32.